The predicted molar refractivity (Wildman–Crippen MR) is 72.2 cm³/mol. The number of nitro groups is 1. The Hall–Kier alpha value is -2.11. The summed E-state index contributed by atoms with van der Waals surface area (Å²) in [6.07, 6.45) is 4.57. The van der Waals surface area contributed by atoms with E-state index in [4.69, 9.17) is 4.74 Å². The number of methoxy groups -OCH3 is 1. The number of nitrogens with zero attached hydrogens (tertiary/aromatic N) is 1. The van der Waals surface area contributed by atoms with Crippen molar-refractivity contribution in [1.29, 1.82) is 0 Å². The molecule has 1 fully saturated rings. The second kappa shape index (κ2) is 5.90. The summed E-state index contributed by atoms with van der Waals surface area (Å²) in [6, 6.07) is 2.25. The molecule has 0 spiro atoms. The van der Waals surface area contributed by atoms with Gasteiger partial charge >= 0.3 is 0 Å². The van der Waals surface area contributed by atoms with Crippen LogP contribution in [0.1, 0.15) is 42.5 Å². The Kier molecular flexibility index (Phi) is 4.22. The van der Waals surface area contributed by atoms with Crippen LogP contribution >= 0.6 is 0 Å². The maximum atomic E-state index is 12.5. The highest BCUT2D eigenvalue weighted by molar-refractivity contribution is 6.02. The van der Waals surface area contributed by atoms with Gasteiger partial charge in [0.1, 0.15) is 0 Å². The third kappa shape index (κ3) is 2.74. The fourth-order valence-electron chi connectivity index (χ4n) is 2.65. The zero-order valence-corrected chi connectivity index (χ0v) is 11.3. The quantitative estimate of drug-likeness (QED) is 0.519. The molecule has 0 atom stereocenters. The van der Waals surface area contributed by atoms with Crippen LogP contribution in [0.5, 0.6) is 11.5 Å². The summed E-state index contributed by atoms with van der Waals surface area (Å²) in [5.74, 6) is -0.652. The van der Waals surface area contributed by atoms with E-state index in [-0.39, 0.29) is 34.5 Å². The fraction of sp³-hybridized carbons (Fsp3) is 0.500. The first kappa shape index (κ1) is 14.3. The van der Waals surface area contributed by atoms with Crippen molar-refractivity contribution in [3.8, 4) is 11.5 Å². The largest absolute Gasteiger partial charge is 0.504 e. The van der Waals surface area contributed by atoms with Crippen LogP contribution in [-0.2, 0) is 0 Å². The molecule has 0 aromatic heterocycles. The van der Waals surface area contributed by atoms with E-state index in [1.165, 1.54) is 13.2 Å². The molecule has 1 aromatic carbocycles. The van der Waals surface area contributed by atoms with Crippen molar-refractivity contribution in [3.63, 3.8) is 0 Å². The van der Waals surface area contributed by atoms with Crippen molar-refractivity contribution in [2.45, 2.75) is 32.1 Å². The maximum absolute atomic E-state index is 12.5. The topological polar surface area (TPSA) is 89.7 Å². The highest BCUT2D eigenvalue weighted by Crippen LogP contribution is 2.36. The molecule has 1 N–H and O–H groups in total. The van der Waals surface area contributed by atoms with E-state index in [0.717, 1.165) is 38.2 Å². The number of ketones is 1. The Morgan fingerprint density at radius 2 is 2.00 bits per heavy atom. The number of aromatic hydroxyl groups is 1. The van der Waals surface area contributed by atoms with Crippen LogP contribution in [0.2, 0.25) is 0 Å². The minimum atomic E-state index is -0.644. The number of rotatable bonds is 4. The van der Waals surface area contributed by atoms with E-state index in [9.17, 15) is 20.0 Å². The van der Waals surface area contributed by atoms with Gasteiger partial charge in [0.05, 0.1) is 23.7 Å². The standard InChI is InChI=1S/C14H17NO5/c1-20-13-7-10(11(15(18)19)8-12(13)16)14(17)9-5-3-2-4-6-9/h7-9,16H,2-6H2,1H3. The molecule has 0 saturated heterocycles. The van der Waals surface area contributed by atoms with E-state index < -0.39 is 4.92 Å². The minimum absolute atomic E-state index is 0.0246. The zero-order valence-electron chi connectivity index (χ0n) is 11.3. The molecule has 20 heavy (non-hydrogen) atoms. The van der Waals surface area contributed by atoms with Gasteiger partial charge in [0.2, 0.25) is 0 Å². The van der Waals surface area contributed by atoms with Crippen molar-refractivity contribution in [2.24, 2.45) is 5.92 Å². The molecular weight excluding hydrogens is 262 g/mol. The minimum Gasteiger partial charge on any atom is -0.504 e. The monoisotopic (exact) mass is 279 g/mol. The van der Waals surface area contributed by atoms with E-state index >= 15 is 0 Å². The van der Waals surface area contributed by atoms with Crippen LogP contribution in [0.15, 0.2) is 12.1 Å². The number of benzene rings is 1. The van der Waals surface area contributed by atoms with Crippen molar-refractivity contribution >= 4 is 11.5 Å². The molecule has 1 saturated carbocycles. The molecule has 6 heteroatoms. The first-order valence-corrected chi connectivity index (χ1v) is 6.64. The van der Waals surface area contributed by atoms with Gasteiger partial charge < -0.3 is 9.84 Å². The normalized spacial score (nSPS) is 15.8. The van der Waals surface area contributed by atoms with E-state index in [1.54, 1.807) is 0 Å². The van der Waals surface area contributed by atoms with E-state index in [0.29, 0.717) is 0 Å². The molecule has 0 radical (unpaired) electrons. The Labute approximate surface area is 116 Å². The number of carbonyl (C=O) groups is 1. The molecule has 0 aliphatic heterocycles. The summed E-state index contributed by atoms with van der Waals surface area (Å²) in [4.78, 5) is 22.9. The Balaban J connectivity index is 2.42. The lowest BCUT2D eigenvalue weighted by atomic mass is 9.83. The van der Waals surface area contributed by atoms with Gasteiger partial charge in [-0.05, 0) is 12.8 Å². The molecule has 0 unspecified atom stereocenters. The van der Waals surface area contributed by atoms with Crippen molar-refractivity contribution < 1.29 is 19.6 Å². The lowest BCUT2D eigenvalue weighted by molar-refractivity contribution is -0.385. The number of nitro benzene ring substituents is 1. The SMILES string of the molecule is COc1cc(C(=O)C2CCCCC2)c([N+](=O)[O-])cc1O. The van der Waals surface area contributed by atoms with Crippen molar-refractivity contribution in [2.75, 3.05) is 7.11 Å². The molecule has 1 aliphatic rings. The molecule has 6 nitrogen and oxygen atoms in total. The average Bonchev–Trinajstić information content (AvgIpc) is 2.47. The Morgan fingerprint density at radius 1 is 1.35 bits per heavy atom. The lowest BCUT2D eigenvalue weighted by Gasteiger charge is -2.20. The summed E-state index contributed by atoms with van der Waals surface area (Å²) in [7, 11) is 1.34. The summed E-state index contributed by atoms with van der Waals surface area (Å²) >= 11 is 0. The summed E-state index contributed by atoms with van der Waals surface area (Å²) < 4.78 is 4.93. The third-order valence-corrected chi connectivity index (χ3v) is 3.74. The first-order valence-electron chi connectivity index (χ1n) is 6.64. The summed E-state index contributed by atoms with van der Waals surface area (Å²) in [5, 5.41) is 20.7. The highest BCUT2D eigenvalue weighted by atomic mass is 16.6. The zero-order chi connectivity index (χ0) is 14.7. The van der Waals surface area contributed by atoms with Crippen LogP contribution < -0.4 is 4.74 Å². The van der Waals surface area contributed by atoms with E-state index in [2.05, 4.69) is 0 Å². The smallest absolute Gasteiger partial charge is 0.284 e. The number of ether oxygens (including phenoxy) is 1. The number of Topliss-reactive ketones (excluding diaryl/α,β-unsaturated/α-hetero) is 1. The van der Waals surface area contributed by atoms with Gasteiger partial charge in [0, 0.05) is 12.0 Å². The molecule has 0 amide bonds. The van der Waals surface area contributed by atoms with Gasteiger partial charge in [0.15, 0.2) is 17.3 Å². The van der Waals surface area contributed by atoms with Crippen molar-refractivity contribution in [1.82, 2.24) is 0 Å². The molecule has 2 rings (SSSR count). The third-order valence-electron chi connectivity index (χ3n) is 3.74. The van der Waals surface area contributed by atoms with Crippen LogP contribution in [0.4, 0.5) is 5.69 Å². The number of hydrogen-bond donors (Lipinski definition) is 1. The first-order chi connectivity index (χ1) is 9.54. The van der Waals surface area contributed by atoms with Gasteiger partial charge in [-0.15, -0.1) is 0 Å². The fourth-order valence-corrected chi connectivity index (χ4v) is 2.65. The maximum Gasteiger partial charge on any atom is 0.284 e. The Bertz CT molecular complexity index is 535. The molecule has 0 bridgehead atoms. The van der Waals surface area contributed by atoms with Gasteiger partial charge in [-0.25, -0.2) is 0 Å². The number of phenolic OH excluding ortho intramolecular Hbond substituents is 1. The van der Waals surface area contributed by atoms with Crippen LogP contribution in [0.3, 0.4) is 0 Å². The molecular formula is C14H17NO5. The Morgan fingerprint density at radius 3 is 2.55 bits per heavy atom. The molecule has 108 valence electrons. The van der Waals surface area contributed by atoms with E-state index in [1.807, 2.05) is 0 Å². The summed E-state index contributed by atoms with van der Waals surface area (Å²) in [6.45, 7) is 0. The van der Waals surface area contributed by atoms with Gasteiger partial charge in [-0.1, -0.05) is 19.3 Å². The highest BCUT2D eigenvalue weighted by Gasteiger charge is 2.29. The summed E-state index contributed by atoms with van der Waals surface area (Å²) in [5.41, 5.74) is -0.338. The number of hydrogen-bond acceptors (Lipinski definition) is 5. The van der Waals surface area contributed by atoms with Crippen LogP contribution in [-0.4, -0.2) is 22.9 Å². The van der Waals surface area contributed by atoms with Crippen LogP contribution in [0, 0.1) is 16.0 Å². The molecule has 1 aromatic rings. The molecule has 1 aliphatic carbocycles. The van der Waals surface area contributed by atoms with Crippen LogP contribution in [0.25, 0.3) is 0 Å². The van der Waals surface area contributed by atoms with Crippen molar-refractivity contribution in [3.05, 3.63) is 27.8 Å². The van der Waals surface area contributed by atoms with Gasteiger partial charge in [0.25, 0.3) is 5.69 Å². The number of phenols is 1. The van der Waals surface area contributed by atoms with Gasteiger partial charge in [-0.2, -0.15) is 0 Å². The second-order valence-corrected chi connectivity index (χ2v) is 5.00. The molecule has 0 heterocycles. The average molecular weight is 279 g/mol. The lowest BCUT2D eigenvalue weighted by Crippen LogP contribution is -2.19. The number of carbonyl (C=O) groups excluding carboxylic acids is 1. The van der Waals surface area contributed by atoms with Gasteiger partial charge in [-0.3, -0.25) is 14.9 Å². The predicted octanol–water partition coefficient (Wildman–Crippen LogP) is 3.07. The second-order valence-electron chi connectivity index (χ2n) is 5.00.